The van der Waals surface area contributed by atoms with Crippen LogP contribution in [0.25, 0.3) is 22.3 Å². The number of likely N-dealkylation sites (N-methyl/N-ethyl adjacent to an activating group) is 2. The van der Waals surface area contributed by atoms with E-state index < -0.39 is 92.4 Å². The van der Waals surface area contributed by atoms with E-state index in [-0.39, 0.29) is 48.7 Å². The van der Waals surface area contributed by atoms with Crippen LogP contribution in [0, 0.1) is 0 Å². The average Bonchev–Trinajstić information content (AvgIpc) is 1.73. The second-order valence-corrected chi connectivity index (χ2v) is 30.0. The van der Waals surface area contributed by atoms with Crippen molar-refractivity contribution in [1.82, 2.24) is 48.8 Å². The number of hydrogen-bond acceptors (Lipinski definition) is 22. The van der Waals surface area contributed by atoms with E-state index in [0.717, 1.165) is 44.1 Å². The van der Waals surface area contributed by atoms with Crippen molar-refractivity contribution >= 4 is 105 Å². The van der Waals surface area contributed by atoms with Crippen molar-refractivity contribution in [3.8, 4) is 11.5 Å². The molecule has 0 bridgehead atoms. The number of aliphatic hydroxyl groups is 3. The van der Waals surface area contributed by atoms with Gasteiger partial charge < -0.3 is 64.3 Å². The number of imidazole rings is 2. The summed E-state index contributed by atoms with van der Waals surface area (Å²) in [6.45, 7) is 3.68. The van der Waals surface area contributed by atoms with Crippen LogP contribution in [0.15, 0.2) is 61.2 Å². The van der Waals surface area contributed by atoms with E-state index in [1.54, 1.807) is 60.4 Å². The molecule has 6 N–H and O–H groups in total. The summed E-state index contributed by atoms with van der Waals surface area (Å²) in [4.78, 5) is 54.5. The summed E-state index contributed by atoms with van der Waals surface area (Å²) in [5.74, 6) is -3.73. The fourth-order valence-electron chi connectivity index (χ4n) is 11.1. The minimum atomic E-state index is -3.72. The molecule has 0 spiro atoms. The highest BCUT2D eigenvalue weighted by molar-refractivity contribution is 8.09. The number of aliphatic hydroxyl groups excluding tert-OH is 3. The Bertz CT molecular complexity index is 3480. The van der Waals surface area contributed by atoms with Crippen LogP contribution < -0.4 is 15.2 Å². The highest BCUT2D eigenvalue weighted by atomic mass is 35.9. The summed E-state index contributed by atoms with van der Waals surface area (Å²) >= 11 is 23.7. The van der Waals surface area contributed by atoms with E-state index >= 15 is 0 Å². The number of aromatic hydroxyl groups is 1. The standard InChI is InChI=1S/C25H30ClN6O7P.C21H28Cl3N6O5P.C7H8O2/c1-31(18(33)12-40(36)37-11-14-6-2-5-9-16(14)39-40)10-17-20(34)21(35)24(38-17)32-13-27-19-22(28-15-7-3-4-8-15)29-25(26)30-23(19)32;1-21(2)34-15-12(8-29(3)13(31)9-36(23,24)32)33-19(16(15)35-21)30-10-25-14-17(26-11-6-4-5-7-11)27-20(22)28-18(14)30;8-5-6-3-1-2-4-7(6)9/h2,5-6,9,13,15,17,20-21,24,34-35H,3-4,7-8,10-12H2,1H3,(H,28,29,30);10-12,15-16,19H,4-9H2,1-3H3,(H,26,27,28);1-4,8-9H,5H2/t17-,20-,21-,24-,40?;12-,15-,16-,19-;/m11./s1. The normalized spacial score (nSPS) is 26.2. The average molecular weight is 1300 g/mol. The number of aromatic nitrogens is 8. The van der Waals surface area contributed by atoms with Crippen molar-refractivity contribution in [2.45, 2.75) is 145 Å². The summed E-state index contributed by atoms with van der Waals surface area (Å²) in [5.41, 5.74) is 3.21. The van der Waals surface area contributed by atoms with E-state index in [2.05, 4.69) is 40.5 Å². The lowest BCUT2D eigenvalue weighted by Gasteiger charge is -2.28. The number of rotatable bonds is 15. The highest BCUT2D eigenvalue weighted by Gasteiger charge is 2.57. The van der Waals surface area contributed by atoms with Gasteiger partial charge in [-0.2, -0.15) is 19.9 Å². The Kier molecular flexibility index (Phi) is 19.5. The first kappa shape index (κ1) is 63.0. The Morgan fingerprint density at radius 2 is 1.28 bits per heavy atom. The maximum absolute atomic E-state index is 13.1. The molecule has 2 aliphatic carbocycles. The lowest BCUT2D eigenvalue weighted by Crippen LogP contribution is -2.42. The number of nitrogens with zero attached hydrogens (tertiary/aromatic N) is 10. The summed E-state index contributed by atoms with van der Waals surface area (Å²) in [6.07, 6.45) is 4.10. The predicted octanol–water partition coefficient (Wildman–Crippen LogP) is 7.98. The molecule has 26 nitrogen and oxygen atoms in total. The van der Waals surface area contributed by atoms with Gasteiger partial charge in [0, 0.05) is 50.4 Å². The zero-order valence-corrected chi connectivity index (χ0v) is 51.5. The van der Waals surface area contributed by atoms with Crippen molar-refractivity contribution in [2.24, 2.45) is 0 Å². The smallest absolute Gasteiger partial charge is 0.388 e. The third-order valence-corrected chi connectivity index (χ3v) is 18.7. The van der Waals surface area contributed by atoms with Crippen molar-refractivity contribution < 1.29 is 67.1 Å². The van der Waals surface area contributed by atoms with E-state index in [9.17, 15) is 28.9 Å². The zero-order chi connectivity index (χ0) is 60.5. The third-order valence-electron chi connectivity index (χ3n) is 15.4. The molecule has 6 aliphatic rings. The molecule has 8 heterocycles. The van der Waals surface area contributed by atoms with Gasteiger partial charge in [-0.15, -0.1) is 0 Å². The minimum absolute atomic E-state index is 0.00862. The predicted molar refractivity (Wildman–Crippen MR) is 314 cm³/mol. The Hall–Kier alpha value is -5.02. The topological polar surface area (TPSA) is 322 Å². The first-order chi connectivity index (χ1) is 40.4. The van der Waals surface area contributed by atoms with Crippen LogP contribution in [0.4, 0.5) is 11.6 Å². The Morgan fingerprint density at radius 1 is 0.753 bits per heavy atom. The number of benzene rings is 2. The molecular formula is C53H66Cl4N12O14P2. The molecule has 3 saturated heterocycles. The number of halogens is 4. The molecule has 2 saturated carbocycles. The quantitative estimate of drug-likeness (QED) is 0.0419. The SMILES string of the molecule is CN(C[C@H]1O[C@@H](n2cnc3c(NC4CCCC4)nc(Cl)nc32)[C@@H]2OC(C)(C)O[C@@H]21)C(=O)CP(=O)(Cl)Cl.CN(C[C@H]1O[C@@H](n2cnc3c(NC4CCCC4)nc(Cl)nc32)[C@H](O)[C@@H]1O)C(=O)CP1(=O)OCc2ccccc2O1.OCc1ccccc1O. The van der Waals surface area contributed by atoms with Gasteiger partial charge in [0.2, 0.25) is 22.4 Å². The minimum Gasteiger partial charge on any atom is -0.508 e. The molecule has 6 aromatic rings. The molecule has 0 radical (unpaired) electrons. The van der Waals surface area contributed by atoms with Gasteiger partial charge in [0.15, 0.2) is 52.2 Å². The molecule has 32 heteroatoms. The summed E-state index contributed by atoms with van der Waals surface area (Å²) in [5, 5.41) is 46.1. The molecule has 5 fully saturated rings. The largest absolute Gasteiger partial charge is 0.508 e. The van der Waals surface area contributed by atoms with Gasteiger partial charge >= 0.3 is 7.60 Å². The van der Waals surface area contributed by atoms with E-state index in [1.807, 2.05) is 19.9 Å². The van der Waals surface area contributed by atoms with Crippen molar-refractivity contribution in [3.05, 3.63) is 82.9 Å². The molecule has 12 rings (SSSR count). The summed E-state index contributed by atoms with van der Waals surface area (Å²) in [7, 11) is -0.659. The van der Waals surface area contributed by atoms with Gasteiger partial charge in [0.1, 0.15) is 60.4 Å². The van der Waals surface area contributed by atoms with Gasteiger partial charge in [-0.05, 0) is 97.3 Å². The van der Waals surface area contributed by atoms with Crippen molar-refractivity contribution in [3.63, 3.8) is 0 Å². The van der Waals surface area contributed by atoms with Crippen LogP contribution in [-0.4, -0.2) is 175 Å². The van der Waals surface area contributed by atoms with Gasteiger partial charge in [-0.1, -0.05) is 62.1 Å². The van der Waals surface area contributed by atoms with Gasteiger partial charge in [-0.25, -0.2) is 14.5 Å². The third kappa shape index (κ3) is 14.8. The van der Waals surface area contributed by atoms with Crippen LogP contribution in [0.3, 0.4) is 0 Å². The van der Waals surface area contributed by atoms with E-state index in [0.29, 0.717) is 51.3 Å². The lowest BCUT2D eigenvalue weighted by atomic mass is 10.1. The van der Waals surface area contributed by atoms with Gasteiger partial charge in [-0.3, -0.25) is 27.8 Å². The number of phenols is 1. The second kappa shape index (κ2) is 26.4. The number of amides is 2. The Balaban J connectivity index is 0.000000165. The Morgan fingerprint density at radius 3 is 1.86 bits per heavy atom. The number of hydrogen-bond donors (Lipinski definition) is 6. The number of fused-ring (bicyclic) bond motifs is 4. The Labute approximate surface area is 508 Å². The molecule has 85 heavy (non-hydrogen) atoms. The van der Waals surface area contributed by atoms with E-state index in [4.69, 9.17) is 83.9 Å². The van der Waals surface area contributed by atoms with Crippen molar-refractivity contribution in [1.29, 1.82) is 0 Å². The van der Waals surface area contributed by atoms with Crippen LogP contribution in [0.5, 0.6) is 11.5 Å². The number of carbonyl (C=O) groups is 2. The van der Waals surface area contributed by atoms with Gasteiger partial charge in [0.25, 0.3) is 5.85 Å². The lowest BCUT2D eigenvalue weighted by molar-refractivity contribution is -0.197. The van der Waals surface area contributed by atoms with Crippen LogP contribution in [0.1, 0.15) is 88.8 Å². The fraction of sp³-hybridized carbons (Fsp3) is 0.547. The molecule has 4 aromatic heterocycles. The monoisotopic (exact) mass is 1300 g/mol. The number of ether oxygens (including phenoxy) is 4. The second-order valence-electron chi connectivity index (χ2n) is 22.1. The number of anilines is 2. The summed E-state index contributed by atoms with van der Waals surface area (Å²) in [6, 6.07) is 14.3. The number of nitrogens with one attached hydrogen (secondary N) is 2. The highest BCUT2D eigenvalue weighted by Crippen LogP contribution is 2.56. The molecular weight excluding hydrogens is 1230 g/mol. The number of carbonyl (C=O) groups excluding carboxylic acids is 2. The first-order valence-corrected chi connectivity index (χ1v) is 33.8. The zero-order valence-electron chi connectivity index (χ0n) is 46.7. The maximum atomic E-state index is 13.1. The fourth-order valence-corrected chi connectivity index (χ4v) is 14.2. The van der Waals surface area contributed by atoms with E-state index in [1.165, 1.54) is 40.6 Å². The number of para-hydroxylation sites is 2. The molecule has 2 aromatic carbocycles. The van der Waals surface area contributed by atoms with Crippen LogP contribution in [0.2, 0.25) is 10.6 Å². The molecule has 2 amide bonds. The van der Waals surface area contributed by atoms with Gasteiger partial charge in [0.05, 0.1) is 25.9 Å². The molecule has 9 atom stereocenters. The van der Waals surface area contributed by atoms with Crippen molar-refractivity contribution in [2.75, 3.05) is 50.1 Å². The molecule has 4 aliphatic heterocycles. The van der Waals surface area contributed by atoms with Crippen LogP contribution in [-0.2, 0) is 55.4 Å². The maximum Gasteiger partial charge on any atom is 0.388 e. The summed E-state index contributed by atoms with van der Waals surface area (Å²) < 4.78 is 63.7. The molecule has 1 unspecified atom stereocenters. The van der Waals surface area contributed by atoms with Crippen LogP contribution >= 0.6 is 59.1 Å². The first-order valence-electron chi connectivity index (χ1n) is 27.7. The molecule has 460 valence electrons.